The Morgan fingerprint density at radius 1 is 1.50 bits per heavy atom. The Bertz CT molecular complexity index is 470. The molecule has 1 aliphatic heterocycles. The molecule has 2 fully saturated rings. The lowest BCUT2D eigenvalue weighted by Gasteiger charge is -2.33. The summed E-state index contributed by atoms with van der Waals surface area (Å²) in [6.45, 7) is 2.32. The van der Waals surface area contributed by atoms with Gasteiger partial charge in [0.1, 0.15) is 5.41 Å². The fourth-order valence-electron chi connectivity index (χ4n) is 3.02. The minimum Gasteiger partial charge on any atom is -0.306 e. The van der Waals surface area contributed by atoms with Gasteiger partial charge in [0.15, 0.2) is 0 Å². The van der Waals surface area contributed by atoms with Gasteiger partial charge in [0, 0.05) is 17.8 Å². The van der Waals surface area contributed by atoms with E-state index in [0.29, 0.717) is 5.92 Å². The molecule has 0 radical (unpaired) electrons. The number of piperidine rings is 1. The zero-order chi connectivity index (χ0) is 12.6. The zero-order valence-corrected chi connectivity index (χ0v) is 11.7. The molecule has 96 valence electrons. The lowest BCUT2D eigenvalue weighted by Crippen LogP contribution is -2.33. The van der Waals surface area contributed by atoms with Crippen LogP contribution in [0, 0.1) is 11.3 Å². The van der Waals surface area contributed by atoms with Crippen LogP contribution >= 0.6 is 11.3 Å². The maximum atomic E-state index is 9.36. The van der Waals surface area contributed by atoms with Crippen LogP contribution in [-0.2, 0) is 5.41 Å². The van der Waals surface area contributed by atoms with Gasteiger partial charge in [-0.15, -0.1) is 11.3 Å². The first-order chi connectivity index (χ1) is 8.73. The van der Waals surface area contributed by atoms with E-state index in [1.54, 1.807) is 11.3 Å². The van der Waals surface area contributed by atoms with Crippen LogP contribution in [0.25, 0.3) is 0 Å². The zero-order valence-electron chi connectivity index (χ0n) is 10.9. The monoisotopic (exact) mass is 261 g/mol. The molecule has 4 heteroatoms. The van der Waals surface area contributed by atoms with Crippen LogP contribution in [-0.4, -0.2) is 30.0 Å². The third-order valence-corrected chi connectivity index (χ3v) is 5.41. The van der Waals surface area contributed by atoms with E-state index in [1.165, 1.54) is 30.8 Å². The summed E-state index contributed by atoms with van der Waals surface area (Å²) in [6, 6.07) is 2.49. The van der Waals surface area contributed by atoms with E-state index < -0.39 is 0 Å². The fourth-order valence-corrected chi connectivity index (χ4v) is 4.07. The molecule has 0 spiro atoms. The SMILES string of the molecule is CN1CCCC(c2nc(C3(C#N)CCC3)cs2)C1. The van der Waals surface area contributed by atoms with Gasteiger partial charge in [-0.3, -0.25) is 0 Å². The number of thiazole rings is 1. The fraction of sp³-hybridized carbons (Fsp3) is 0.714. The summed E-state index contributed by atoms with van der Waals surface area (Å²) in [5, 5.41) is 12.7. The lowest BCUT2D eigenvalue weighted by atomic mass is 9.68. The van der Waals surface area contributed by atoms with Crippen molar-refractivity contribution in [2.75, 3.05) is 20.1 Å². The smallest absolute Gasteiger partial charge is 0.100 e. The van der Waals surface area contributed by atoms with Crippen LogP contribution in [0.5, 0.6) is 0 Å². The number of likely N-dealkylation sites (tertiary alicyclic amines) is 1. The second kappa shape index (κ2) is 4.64. The second-order valence-electron chi connectivity index (χ2n) is 5.72. The highest BCUT2D eigenvalue weighted by molar-refractivity contribution is 7.09. The molecule has 1 atom stereocenters. The molecule has 18 heavy (non-hydrogen) atoms. The Morgan fingerprint density at radius 2 is 2.33 bits per heavy atom. The number of hydrogen-bond acceptors (Lipinski definition) is 4. The molecule has 2 aliphatic rings. The van der Waals surface area contributed by atoms with Crippen molar-refractivity contribution in [3.63, 3.8) is 0 Å². The Balaban J connectivity index is 1.79. The van der Waals surface area contributed by atoms with Gasteiger partial charge in [-0.25, -0.2) is 4.98 Å². The van der Waals surface area contributed by atoms with Gasteiger partial charge < -0.3 is 4.90 Å². The molecule has 1 saturated carbocycles. The summed E-state index contributed by atoms with van der Waals surface area (Å²) in [6.07, 6.45) is 5.68. The molecule has 1 saturated heterocycles. The predicted octanol–water partition coefficient (Wildman–Crippen LogP) is 2.90. The number of hydrogen-bond donors (Lipinski definition) is 0. The molecule has 1 unspecified atom stereocenters. The van der Waals surface area contributed by atoms with Crippen molar-refractivity contribution in [3.8, 4) is 6.07 Å². The molecule has 1 aromatic rings. The summed E-state index contributed by atoms with van der Waals surface area (Å²) in [7, 11) is 2.18. The number of rotatable bonds is 2. The van der Waals surface area contributed by atoms with Crippen LogP contribution in [0.3, 0.4) is 0 Å². The second-order valence-corrected chi connectivity index (χ2v) is 6.61. The molecule has 0 bridgehead atoms. The Kier molecular flexibility index (Phi) is 3.13. The van der Waals surface area contributed by atoms with Gasteiger partial charge in [-0.2, -0.15) is 5.26 Å². The maximum Gasteiger partial charge on any atom is 0.100 e. The highest BCUT2D eigenvalue weighted by atomic mass is 32.1. The lowest BCUT2D eigenvalue weighted by molar-refractivity contribution is 0.249. The van der Waals surface area contributed by atoms with Crippen LogP contribution in [0.1, 0.15) is 48.7 Å². The van der Waals surface area contributed by atoms with Crippen molar-refractivity contribution in [1.82, 2.24) is 9.88 Å². The Hall–Kier alpha value is -0.920. The average molecular weight is 261 g/mol. The highest BCUT2D eigenvalue weighted by Crippen LogP contribution is 2.44. The molecular formula is C14H19N3S. The van der Waals surface area contributed by atoms with Crippen molar-refractivity contribution in [2.45, 2.75) is 43.4 Å². The minimum absolute atomic E-state index is 0.241. The molecule has 1 aliphatic carbocycles. The summed E-state index contributed by atoms with van der Waals surface area (Å²) in [5.41, 5.74) is 0.805. The number of nitrogens with zero attached hydrogens (tertiary/aromatic N) is 3. The first-order valence-corrected chi connectivity index (χ1v) is 7.67. The molecule has 0 N–H and O–H groups in total. The molecule has 0 aromatic carbocycles. The molecule has 2 heterocycles. The van der Waals surface area contributed by atoms with Crippen molar-refractivity contribution in [3.05, 3.63) is 16.1 Å². The van der Waals surface area contributed by atoms with Gasteiger partial charge in [0.2, 0.25) is 0 Å². The van der Waals surface area contributed by atoms with E-state index >= 15 is 0 Å². The van der Waals surface area contributed by atoms with Crippen LogP contribution in [0.4, 0.5) is 0 Å². The van der Waals surface area contributed by atoms with E-state index in [4.69, 9.17) is 4.98 Å². The number of aromatic nitrogens is 1. The van der Waals surface area contributed by atoms with Gasteiger partial charge in [-0.1, -0.05) is 0 Å². The first kappa shape index (κ1) is 12.1. The first-order valence-electron chi connectivity index (χ1n) is 6.79. The van der Waals surface area contributed by atoms with Crippen LogP contribution in [0.15, 0.2) is 5.38 Å². The van der Waals surface area contributed by atoms with Crippen LogP contribution in [0.2, 0.25) is 0 Å². The molecule has 0 amide bonds. The molecule has 1 aromatic heterocycles. The minimum atomic E-state index is -0.241. The summed E-state index contributed by atoms with van der Waals surface area (Å²) in [4.78, 5) is 7.19. The van der Waals surface area contributed by atoms with Crippen molar-refractivity contribution >= 4 is 11.3 Å². The average Bonchev–Trinajstić information content (AvgIpc) is 2.78. The van der Waals surface area contributed by atoms with Gasteiger partial charge in [0.25, 0.3) is 0 Å². The van der Waals surface area contributed by atoms with E-state index in [-0.39, 0.29) is 5.41 Å². The third kappa shape index (κ3) is 1.96. The standard InChI is InChI=1S/C14H19N3S/c1-17-7-2-4-11(8-17)13-16-12(9-18-13)14(10-15)5-3-6-14/h9,11H,2-8H2,1H3. The van der Waals surface area contributed by atoms with E-state index in [2.05, 4.69) is 23.4 Å². The van der Waals surface area contributed by atoms with Gasteiger partial charge in [0.05, 0.1) is 16.8 Å². The molecule has 3 nitrogen and oxygen atoms in total. The van der Waals surface area contributed by atoms with Crippen molar-refractivity contribution in [2.24, 2.45) is 0 Å². The predicted molar refractivity (Wildman–Crippen MR) is 72.7 cm³/mol. The van der Waals surface area contributed by atoms with Crippen LogP contribution < -0.4 is 0 Å². The Morgan fingerprint density at radius 3 is 2.94 bits per heavy atom. The Labute approximate surface area is 112 Å². The largest absolute Gasteiger partial charge is 0.306 e. The topological polar surface area (TPSA) is 39.9 Å². The van der Waals surface area contributed by atoms with E-state index in [9.17, 15) is 5.26 Å². The van der Waals surface area contributed by atoms with Gasteiger partial charge in [-0.05, 0) is 45.7 Å². The molecule has 3 rings (SSSR count). The van der Waals surface area contributed by atoms with Gasteiger partial charge >= 0.3 is 0 Å². The van der Waals surface area contributed by atoms with E-state index in [0.717, 1.165) is 25.1 Å². The van der Waals surface area contributed by atoms with E-state index in [1.807, 2.05) is 0 Å². The number of nitriles is 1. The molecular weight excluding hydrogens is 242 g/mol. The summed E-state index contributed by atoms with van der Waals surface area (Å²) >= 11 is 1.76. The normalized spacial score (nSPS) is 27.4. The number of likely N-dealkylation sites (N-methyl/N-ethyl adjacent to an activating group) is 1. The van der Waals surface area contributed by atoms with Crippen molar-refractivity contribution < 1.29 is 0 Å². The van der Waals surface area contributed by atoms with Crippen molar-refractivity contribution in [1.29, 1.82) is 5.26 Å². The summed E-state index contributed by atoms with van der Waals surface area (Å²) in [5.74, 6) is 0.582. The quantitative estimate of drug-likeness (QED) is 0.822. The summed E-state index contributed by atoms with van der Waals surface area (Å²) < 4.78 is 0. The maximum absolute atomic E-state index is 9.36. The third-order valence-electron chi connectivity index (χ3n) is 4.41. The highest BCUT2D eigenvalue weighted by Gasteiger charge is 2.41.